The minimum absolute atomic E-state index is 0.0678. The van der Waals surface area contributed by atoms with Crippen molar-refractivity contribution in [3.05, 3.63) is 69.8 Å². The summed E-state index contributed by atoms with van der Waals surface area (Å²) < 4.78 is 19.5. The SMILES string of the molecule is Cc1c(CC2CCCOC2OC2OCCCC2Cc2cccc(C3CC3(Br)Br)c2C)cccc1C1CC1(Br)Br. The molecule has 6 atom stereocenters. The molecule has 2 aliphatic carbocycles. The molecular formula is C32H38Br4O3. The quantitative estimate of drug-likeness (QED) is 0.250. The van der Waals surface area contributed by atoms with Crippen molar-refractivity contribution in [2.75, 3.05) is 13.2 Å². The predicted octanol–water partition coefficient (Wildman–Crippen LogP) is 9.56. The van der Waals surface area contributed by atoms with Gasteiger partial charge in [0, 0.05) is 36.9 Å². The van der Waals surface area contributed by atoms with E-state index in [9.17, 15) is 0 Å². The van der Waals surface area contributed by atoms with E-state index in [-0.39, 0.29) is 19.0 Å². The summed E-state index contributed by atoms with van der Waals surface area (Å²) in [6, 6.07) is 13.6. The predicted molar refractivity (Wildman–Crippen MR) is 172 cm³/mol. The van der Waals surface area contributed by atoms with Gasteiger partial charge in [-0.1, -0.05) is 100 Å². The lowest BCUT2D eigenvalue weighted by Gasteiger charge is -2.39. The van der Waals surface area contributed by atoms with Crippen LogP contribution in [0.2, 0.25) is 0 Å². The fraction of sp³-hybridized carbons (Fsp3) is 0.625. The summed E-state index contributed by atoms with van der Waals surface area (Å²) in [4.78, 5) is 0. The molecule has 4 fully saturated rings. The van der Waals surface area contributed by atoms with E-state index in [1.165, 1.54) is 33.4 Å². The van der Waals surface area contributed by atoms with Crippen LogP contribution in [0.25, 0.3) is 0 Å². The fourth-order valence-electron chi connectivity index (χ4n) is 6.73. The number of rotatable bonds is 8. The fourth-order valence-corrected chi connectivity index (χ4v) is 9.02. The van der Waals surface area contributed by atoms with Crippen molar-refractivity contribution >= 4 is 63.7 Å². The Balaban J connectivity index is 1.15. The maximum Gasteiger partial charge on any atom is 0.163 e. The topological polar surface area (TPSA) is 27.7 Å². The molecule has 0 bridgehead atoms. The van der Waals surface area contributed by atoms with Crippen molar-refractivity contribution in [2.24, 2.45) is 11.8 Å². The van der Waals surface area contributed by atoms with Gasteiger partial charge in [0.15, 0.2) is 12.6 Å². The van der Waals surface area contributed by atoms with E-state index in [0.29, 0.717) is 23.7 Å². The molecule has 4 aliphatic rings. The average molecular weight is 790 g/mol. The van der Waals surface area contributed by atoms with Crippen LogP contribution in [-0.2, 0) is 27.1 Å². The molecule has 2 aromatic rings. The Bertz CT molecular complexity index is 1110. The van der Waals surface area contributed by atoms with Crippen molar-refractivity contribution in [2.45, 2.75) is 96.1 Å². The van der Waals surface area contributed by atoms with Gasteiger partial charge >= 0.3 is 0 Å². The molecule has 3 nitrogen and oxygen atoms in total. The zero-order chi connectivity index (χ0) is 27.4. The monoisotopic (exact) mass is 786 g/mol. The summed E-state index contributed by atoms with van der Waals surface area (Å²) in [6.07, 6.45) is 8.20. The van der Waals surface area contributed by atoms with Crippen LogP contribution in [0.3, 0.4) is 0 Å². The minimum atomic E-state index is -0.221. The van der Waals surface area contributed by atoms with E-state index in [4.69, 9.17) is 14.2 Å². The van der Waals surface area contributed by atoms with Gasteiger partial charge < -0.3 is 14.2 Å². The van der Waals surface area contributed by atoms with Crippen molar-refractivity contribution in [1.82, 2.24) is 0 Å². The maximum absolute atomic E-state index is 6.75. The Morgan fingerprint density at radius 1 is 0.718 bits per heavy atom. The first-order chi connectivity index (χ1) is 18.6. The van der Waals surface area contributed by atoms with Gasteiger partial charge in [-0.3, -0.25) is 0 Å². The Labute approximate surface area is 267 Å². The second-order valence-corrected chi connectivity index (χ2v) is 19.9. The van der Waals surface area contributed by atoms with Gasteiger partial charge in [0.05, 0.1) is 6.47 Å². The van der Waals surface area contributed by atoms with E-state index in [2.05, 4.69) is 114 Å². The highest BCUT2D eigenvalue weighted by Gasteiger charge is 2.52. The first kappa shape index (κ1) is 29.3. The van der Waals surface area contributed by atoms with Crippen LogP contribution in [-0.4, -0.2) is 32.3 Å². The third kappa shape index (κ3) is 6.45. The Morgan fingerprint density at radius 2 is 1.13 bits per heavy atom. The highest BCUT2D eigenvalue weighted by atomic mass is 79.9. The summed E-state index contributed by atoms with van der Waals surface area (Å²) in [6.45, 7) is 6.09. The van der Waals surface area contributed by atoms with Crippen molar-refractivity contribution in [3.8, 4) is 0 Å². The molecule has 7 heteroatoms. The third-order valence-electron chi connectivity index (χ3n) is 9.38. The van der Waals surface area contributed by atoms with Crippen molar-refractivity contribution in [3.63, 3.8) is 0 Å². The first-order valence-corrected chi connectivity index (χ1v) is 17.6. The molecule has 0 spiro atoms. The van der Waals surface area contributed by atoms with Crippen LogP contribution < -0.4 is 0 Å². The summed E-state index contributed by atoms with van der Waals surface area (Å²) >= 11 is 15.3. The molecule has 6 unspecified atom stereocenters. The van der Waals surface area contributed by atoms with Gasteiger partial charge in [-0.15, -0.1) is 0 Å². The zero-order valence-corrected chi connectivity index (χ0v) is 29.1. The molecule has 2 heterocycles. The van der Waals surface area contributed by atoms with Crippen LogP contribution in [0.15, 0.2) is 36.4 Å². The molecule has 0 aromatic heterocycles. The maximum atomic E-state index is 6.75. The van der Waals surface area contributed by atoms with Crippen LogP contribution in [0, 0.1) is 25.7 Å². The molecule has 0 N–H and O–H groups in total. The molecule has 2 saturated heterocycles. The number of ether oxygens (including phenoxy) is 3. The van der Waals surface area contributed by atoms with E-state index in [1.54, 1.807) is 0 Å². The van der Waals surface area contributed by atoms with Crippen LogP contribution in [0.5, 0.6) is 0 Å². The number of benzene rings is 2. The van der Waals surface area contributed by atoms with Crippen molar-refractivity contribution < 1.29 is 14.2 Å². The second-order valence-electron chi connectivity index (χ2n) is 12.1. The van der Waals surface area contributed by atoms with Crippen molar-refractivity contribution in [1.29, 1.82) is 0 Å². The molecule has 2 saturated carbocycles. The lowest BCUT2D eigenvalue weighted by molar-refractivity contribution is -0.296. The Morgan fingerprint density at radius 3 is 1.51 bits per heavy atom. The van der Waals surface area contributed by atoms with E-state index in [0.717, 1.165) is 64.6 Å². The summed E-state index contributed by atoms with van der Waals surface area (Å²) in [5.41, 5.74) is 8.58. The summed E-state index contributed by atoms with van der Waals surface area (Å²) in [5, 5.41) is 0. The lowest BCUT2D eigenvalue weighted by Crippen LogP contribution is -2.42. The summed E-state index contributed by atoms with van der Waals surface area (Å²) in [7, 11) is 0. The lowest BCUT2D eigenvalue weighted by atomic mass is 9.87. The third-order valence-corrected chi connectivity index (χ3v) is 12.9. The zero-order valence-electron chi connectivity index (χ0n) is 22.7. The molecule has 2 aromatic carbocycles. The minimum Gasteiger partial charge on any atom is -0.352 e. The van der Waals surface area contributed by atoms with E-state index in [1.807, 2.05) is 0 Å². The van der Waals surface area contributed by atoms with Gasteiger partial charge in [0.25, 0.3) is 0 Å². The van der Waals surface area contributed by atoms with Gasteiger partial charge in [-0.2, -0.15) is 0 Å². The highest BCUT2D eigenvalue weighted by molar-refractivity contribution is 9.26. The molecule has 212 valence electrons. The number of halogens is 4. The second kappa shape index (κ2) is 11.7. The Hall–Kier alpha value is 0.240. The summed E-state index contributed by atoms with van der Waals surface area (Å²) in [5.74, 6) is 1.74. The van der Waals surface area contributed by atoms with Crippen LogP contribution in [0.1, 0.15) is 83.7 Å². The van der Waals surface area contributed by atoms with Gasteiger partial charge in [-0.05, 0) is 98.6 Å². The molecular weight excluding hydrogens is 752 g/mol. The van der Waals surface area contributed by atoms with Crippen LogP contribution in [0.4, 0.5) is 0 Å². The van der Waals surface area contributed by atoms with Gasteiger partial charge in [0.1, 0.15) is 0 Å². The average Bonchev–Trinajstić information content (AvgIpc) is 3.76. The standard InChI is InChI=1S/C32H38Br4O3/c1-19-21(7-3-11-25(19)27-17-31(27,33)34)15-23-9-5-13-37-29(23)39-30-24(10-6-14-38-30)16-22-8-4-12-26(20(22)2)28-18-32(28,35)36/h3-4,7-8,11-12,23-24,27-30H,5-6,9-10,13-18H2,1-2H3. The first-order valence-electron chi connectivity index (χ1n) is 14.4. The van der Waals surface area contributed by atoms with E-state index < -0.39 is 0 Å². The molecule has 2 aliphatic heterocycles. The molecule has 0 radical (unpaired) electrons. The number of hydrogen-bond donors (Lipinski definition) is 0. The smallest absolute Gasteiger partial charge is 0.163 e. The van der Waals surface area contributed by atoms with Gasteiger partial charge in [-0.25, -0.2) is 0 Å². The largest absolute Gasteiger partial charge is 0.352 e. The highest BCUT2D eigenvalue weighted by Crippen LogP contribution is 2.63. The van der Waals surface area contributed by atoms with Gasteiger partial charge in [0.2, 0.25) is 0 Å². The van der Waals surface area contributed by atoms with E-state index >= 15 is 0 Å². The molecule has 0 amide bonds. The Kier molecular flexibility index (Phi) is 8.82. The normalized spacial score (nSPS) is 33.1. The van der Waals surface area contributed by atoms with Crippen LogP contribution >= 0.6 is 63.7 Å². The number of alkyl halides is 4. The molecule has 39 heavy (non-hydrogen) atoms. The number of hydrogen-bond acceptors (Lipinski definition) is 3. The molecule has 6 rings (SSSR count).